The van der Waals surface area contributed by atoms with Gasteiger partial charge in [-0.1, -0.05) is 6.07 Å². The summed E-state index contributed by atoms with van der Waals surface area (Å²) in [5.41, 5.74) is 1.90. The van der Waals surface area contributed by atoms with Gasteiger partial charge in [0, 0.05) is 6.20 Å². The molecule has 0 atom stereocenters. The predicted octanol–water partition coefficient (Wildman–Crippen LogP) is 2.86. The normalized spacial score (nSPS) is 11.5. The van der Waals surface area contributed by atoms with E-state index in [-0.39, 0.29) is 12.0 Å². The molecule has 1 aromatic carbocycles. The molecule has 0 aliphatic heterocycles. The van der Waals surface area contributed by atoms with Gasteiger partial charge in [0.15, 0.2) is 5.82 Å². The molecule has 0 aliphatic carbocycles. The number of ether oxygens (including phenoxy) is 1. The second-order valence-corrected chi connectivity index (χ2v) is 6.18. The van der Waals surface area contributed by atoms with Gasteiger partial charge in [0.1, 0.15) is 5.82 Å². The Labute approximate surface area is 160 Å². The molecule has 1 N–H and O–H groups in total. The Morgan fingerprint density at radius 2 is 2.00 bits per heavy atom. The lowest BCUT2D eigenvalue weighted by atomic mass is 10.1. The number of aromatic nitrogens is 3. The highest BCUT2D eigenvalue weighted by molar-refractivity contribution is 6.01. The summed E-state index contributed by atoms with van der Waals surface area (Å²) in [5.74, 6) is -0.435. The second-order valence-electron chi connectivity index (χ2n) is 6.18. The minimum atomic E-state index is -0.504. The van der Waals surface area contributed by atoms with Gasteiger partial charge < -0.3 is 4.74 Å². The van der Waals surface area contributed by atoms with Gasteiger partial charge in [-0.05, 0) is 49.7 Å². The summed E-state index contributed by atoms with van der Waals surface area (Å²) in [6.45, 7) is 3.54. The Balaban J connectivity index is 2.15. The highest BCUT2D eigenvalue weighted by Crippen LogP contribution is 2.17. The minimum absolute atomic E-state index is 0.136. The van der Waals surface area contributed by atoms with Crippen LogP contribution in [0.25, 0.3) is 5.69 Å². The first-order valence-electron chi connectivity index (χ1n) is 8.54. The van der Waals surface area contributed by atoms with Gasteiger partial charge in [-0.25, -0.2) is 19.0 Å². The molecule has 0 saturated carbocycles. The van der Waals surface area contributed by atoms with E-state index in [9.17, 15) is 14.0 Å². The molecule has 144 valence electrons. The molecule has 7 nitrogen and oxygen atoms in total. The van der Waals surface area contributed by atoms with E-state index >= 15 is 0 Å². The Kier molecular flexibility index (Phi) is 5.49. The van der Waals surface area contributed by atoms with Crippen LogP contribution in [0, 0.1) is 12.7 Å². The van der Waals surface area contributed by atoms with E-state index in [4.69, 9.17) is 4.74 Å². The van der Waals surface area contributed by atoms with E-state index in [2.05, 4.69) is 15.1 Å². The number of benzene rings is 1. The number of hydrogen-bond acceptors (Lipinski definition) is 5. The van der Waals surface area contributed by atoms with Crippen LogP contribution in [0.15, 0.2) is 52.4 Å². The number of methoxy groups -OCH3 is 1. The minimum Gasteiger partial charge on any atom is -0.469 e. The van der Waals surface area contributed by atoms with Crippen LogP contribution < -0.4 is 5.56 Å². The van der Waals surface area contributed by atoms with Gasteiger partial charge in [-0.3, -0.25) is 14.7 Å². The molecule has 28 heavy (non-hydrogen) atoms. The van der Waals surface area contributed by atoms with Crippen molar-refractivity contribution in [3.63, 3.8) is 0 Å². The lowest BCUT2D eigenvalue weighted by Crippen LogP contribution is -2.20. The van der Waals surface area contributed by atoms with Crippen LogP contribution in [-0.4, -0.2) is 33.6 Å². The van der Waals surface area contributed by atoms with E-state index in [1.807, 2.05) is 13.0 Å². The Bertz CT molecular complexity index is 1100. The third-order valence-corrected chi connectivity index (χ3v) is 4.22. The number of carbonyl (C=O) groups excluding carboxylic acids is 1. The lowest BCUT2D eigenvalue weighted by molar-refractivity contribution is -0.139. The average Bonchev–Trinajstić information content (AvgIpc) is 3.00. The maximum Gasteiger partial charge on any atom is 0.311 e. The molecule has 2 heterocycles. The maximum atomic E-state index is 13.2. The zero-order chi connectivity index (χ0) is 20.3. The third kappa shape index (κ3) is 3.90. The molecule has 8 heteroatoms. The van der Waals surface area contributed by atoms with Crippen molar-refractivity contribution in [2.24, 2.45) is 4.99 Å². The first kappa shape index (κ1) is 19.2. The molecule has 3 aromatic rings. The molecule has 0 bridgehead atoms. The van der Waals surface area contributed by atoms with Crippen LogP contribution >= 0.6 is 0 Å². The van der Waals surface area contributed by atoms with E-state index in [1.165, 1.54) is 36.1 Å². The van der Waals surface area contributed by atoms with Crippen LogP contribution in [0.2, 0.25) is 0 Å². The number of pyridine rings is 1. The zero-order valence-electron chi connectivity index (χ0n) is 15.7. The number of carbonyl (C=O) groups is 1. The third-order valence-electron chi connectivity index (χ3n) is 4.22. The topological polar surface area (TPSA) is 89.3 Å². The molecule has 0 aliphatic rings. The maximum absolute atomic E-state index is 13.2. The molecule has 0 amide bonds. The summed E-state index contributed by atoms with van der Waals surface area (Å²) in [4.78, 5) is 33.5. The number of rotatable bonds is 5. The molecule has 0 spiro atoms. The monoisotopic (exact) mass is 382 g/mol. The van der Waals surface area contributed by atoms with Crippen molar-refractivity contribution in [1.29, 1.82) is 0 Å². The highest BCUT2D eigenvalue weighted by Gasteiger charge is 2.20. The number of esters is 1. The number of aryl methyl sites for hydroxylation is 1. The van der Waals surface area contributed by atoms with Gasteiger partial charge in [0.25, 0.3) is 5.56 Å². The predicted molar refractivity (Wildman–Crippen MR) is 103 cm³/mol. The summed E-state index contributed by atoms with van der Waals surface area (Å²) >= 11 is 0. The fourth-order valence-electron chi connectivity index (χ4n) is 2.78. The molecule has 0 saturated heterocycles. The molecule has 0 unspecified atom stereocenters. The molecular formula is C20H19FN4O3. The molecular weight excluding hydrogens is 363 g/mol. The first-order chi connectivity index (χ1) is 13.4. The first-order valence-corrected chi connectivity index (χ1v) is 8.54. The van der Waals surface area contributed by atoms with Crippen LogP contribution in [0.5, 0.6) is 0 Å². The fraction of sp³-hybridized carbons (Fsp3) is 0.200. The van der Waals surface area contributed by atoms with Crippen molar-refractivity contribution in [1.82, 2.24) is 14.8 Å². The average molecular weight is 382 g/mol. The summed E-state index contributed by atoms with van der Waals surface area (Å²) in [6, 6.07) is 9.09. The van der Waals surface area contributed by atoms with Crippen LogP contribution in [0.4, 0.5) is 10.2 Å². The Morgan fingerprint density at radius 3 is 2.64 bits per heavy atom. The molecule has 0 fully saturated rings. The van der Waals surface area contributed by atoms with E-state index in [1.54, 1.807) is 19.2 Å². The van der Waals surface area contributed by atoms with Crippen molar-refractivity contribution in [2.45, 2.75) is 20.3 Å². The van der Waals surface area contributed by atoms with Crippen molar-refractivity contribution in [3.8, 4) is 5.69 Å². The molecule has 2 aromatic heterocycles. The second kappa shape index (κ2) is 7.99. The number of hydrogen-bond donors (Lipinski definition) is 1. The van der Waals surface area contributed by atoms with Crippen LogP contribution in [0.1, 0.15) is 23.7 Å². The SMILES string of the molecule is COC(=O)Cc1[nH]n(-c2ccc(F)cc2)c(=O)c1/C(C)=N/c1ncccc1C. The fourth-order valence-corrected chi connectivity index (χ4v) is 2.78. The lowest BCUT2D eigenvalue weighted by Gasteiger charge is -2.03. The number of H-pyrrole nitrogens is 1. The standard InChI is InChI=1S/C20H19FN4O3/c1-12-5-4-10-22-19(12)23-13(2)18-16(11-17(26)28-3)24-25(20(18)27)15-8-6-14(21)7-9-15/h4-10,24H,11H2,1-3H3/b23-13+. The van der Waals surface area contributed by atoms with Gasteiger partial charge in [-0.15, -0.1) is 0 Å². The summed E-state index contributed by atoms with van der Waals surface area (Å²) in [7, 11) is 1.27. The Hall–Kier alpha value is -3.55. The van der Waals surface area contributed by atoms with E-state index < -0.39 is 17.3 Å². The van der Waals surface area contributed by atoms with Crippen molar-refractivity contribution >= 4 is 17.5 Å². The van der Waals surface area contributed by atoms with Crippen molar-refractivity contribution < 1.29 is 13.9 Å². The highest BCUT2D eigenvalue weighted by atomic mass is 19.1. The van der Waals surface area contributed by atoms with Gasteiger partial charge in [-0.2, -0.15) is 0 Å². The quantitative estimate of drug-likeness (QED) is 0.543. The van der Waals surface area contributed by atoms with E-state index in [0.717, 1.165) is 5.56 Å². The smallest absolute Gasteiger partial charge is 0.311 e. The van der Waals surface area contributed by atoms with Crippen LogP contribution in [0.3, 0.4) is 0 Å². The molecule has 0 radical (unpaired) electrons. The van der Waals surface area contributed by atoms with Gasteiger partial charge in [0.05, 0.1) is 36.2 Å². The van der Waals surface area contributed by atoms with Gasteiger partial charge >= 0.3 is 5.97 Å². The largest absolute Gasteiger partial charge is 0.469 e. The Morgan fingerprint density at radius 1 is 1.29 bits per heavy atom. The zero-order valence-corrected chi connectivity index (χ0v) is 15.7. The van der Waals surface area contributed by atoms with Crippen molar-refractivity contribution in [3.05, 3.63) is 75.6 Å². The van der Waals surface area contributed by atoms with Crippen LogP contribution in [-0.2, 0) is 16.0 Å². The van der Waals surface area contributed by atoms with E-state index in [0.29, 0.717) is 22.9 Å². The number of nitrogens with one attached hydrogen (secondary N) is 1. The van der Waals surface area contributed by atoms with Gasteiger partial charge in [0.2, 0.25) is 0 Å². The number of halogens is 1. The van der Waals surface area contributed by atoms with Crippen molar-refractivity contribution in [2.75, 3.05) is 7.11 Å². The number of aliphatic imine (C=N–C) groups is 1. The summed E-state index contributed by atoms with van der Waals surface area (Å²) in [5, 5.41) is 2.91. The number of aromatic amines is 1. The summed E-state index contributed by atoms with van der Waals surface area (Å²) < 4.78 is 19.2. The molecule has 3 rings (SSSR count). The number of nitrogens with zero attached hydrogens (tertiary/aromatic N) is 3. The summed E-state index contributed by atoms with van der Waals surface area (Å²) in [6.07, 6.45) is 1.48.